The summed E-state index contributed by atoms with van der Waals surface area (Å²) < 4.78 is 6.76. The zero-order valence-electron chi connectivity index (χ0n) is 10.8. The Morgan fingerprint density at radius 2 is 2.22 bits per heavy atom. The monoisotopic (exact) mass is 247 g/mol. The van der Waals surface area contributed by atoms with Crippen molar-refractivity contribution < 1.29 is 4.52 Å². The number of hydrogen-bond acceptors (Lipinski definition) is 4. The second-order valence-corrected chi connectivity index (χ2v) is 4.84. The maximum absolute atomic E-state index is 11.6. The van der Waals surface area contributed by atoms with E-state index in [0.29, 0.717) is 17.5 Å². The molecular weight excluding hydrogens is 230 g/mol. The van der Waals surface area contributed by atoms with Crippen molar-refractivity contribution in [3.63, 3.8) is 0 Å². The average molecular weight is 247 g/mol. The molecule has 2 N–H and O–H groups in total. The van der Waals surface area contributed by atoms with Crippen LogP contribution < -0.4 is 11.3 Å². The van der Waals surface area contributed by atoms with Crippen LogP contribution in [-0.2, 0) is 13.5 Å². The van der Waals surface area contributed by atoms with E-state index in [1.165, 1.54) is 10.6 Å². The number of hydrogen-bond donors (Lipinski definition) is 1. The maximum Gasteiger partial charge on any atom is 0.250 e. The summed E-state index contributed by atoms with van der Waals surface area (Å²) in [5.74, 6) is 1.44. The molecule has 0 bridgehead atoms. The van der Waals surface area contributed by atoms with Crippen LogP contribution in [0.1, 0.15) is 19.4 Å². The quantitative estimate of drug-likeness (QED) is 0.897. The van der Waals surface area contributed by atoms with Crippen molar-refractivity contribution in [2.24, 2.45) is 13.0 Å². The molecule has 2 aromatic heterocycles. The van der Waals surface area contributed by atoms with Crippen molar-refractivity contribution in [2.75, 3.05) is 5.73 Å². The van der Waals surface area contributed by atoms with E-state index in [4.69, 9.17) is 10.3 Å². The molecule has 0 amide bonds. The Bertz CT molecular complexity index is 611. The molecule has 0 aliphatic heterocycles. The third-order valence-electron chi connectivity index (χ3n) is 2.80. The van der Waals surface area contributed by atoms with E-state index in [1.54, 1.807) is 13.2 Å². The molecule has 96 valence electrons. The van der Waals surface area contributed by atoms with E-state index in [9.17, 15) is 4.79 Å². The van der Waals surface area contributed by atoms with Crippen molar-refractivity contribution >= 4 is 5.82 Å². The maximum atomic E-state index is 11.6. The summed E-state index contributed by atoms with van der Waals surface area (Å²) in [6.45, 7) is 4.19. The van der Waals surface area contributed by atoms with Gasteiger partial charge in [-0.05, 0) is 18.4 Å². The first kappa shape index (κ1) is 12.4. The first-order valence-electron chi connectivity index (χ1n) is 5.90. The molecular formula is C13H17N3O2. The van der Waals surface area contributed by atoms with Crippen LogP contribution >= 0.6 is 0 Å². The van der Waals surface area contributed by atoms with Crippen LogP contribution in [0.25, 0.3) is 11.3 Å². The fraction of sp³-hybridized carbons (Fsp3) is 0.385. The minimum absolute atomic E-state index is 0.0852. The highest BCUT2D eigenvalue weighted by atomic mass is 16.5. The van der Waals surface area contributed by atoms with Crippen LogP contribution in [0, 0.1) is 5.92 Å². The first-order chi connectivity index (χ1) is 8.49. The van der Waals surface area contributed by atoms with Crippen LogP contribution in [0.3, 0.4) is 0 Å². The Kier molecular flexibility index (Phi) is 3.23. The van der Waals surface area contributed by atoms with Crippen molar-refractivity contribution in [3.8, 4) is 11.3 Å². The van der Waals surface area contributed by atoms with E-state index in [1.807, 2.05) is 6.07 Å². The van der Waals surface area contributed by atoms with Crippen LogP contribution in [0.2, 0.25) is 0 Å². The number of nitrogen functional groups attached to an aromatic ring is 1. The lowest BCUT2D eigenvalue weighted by Crippen LogP contribution is -2.14. The Balaban J connectivity index is 2.50. The number of aryl methyl sites for hydroxylation is 1. The third kappa shape index (κ3) is 2.30. The van der Waals surface area contributed by atoms with Crippen LogP contribution in [0.15, 0.2) is 27.6 Å². The van der Waals surface area contributed by atoms with E-state index in [0.717, 1.165) is 17.5 Å². The molecule has 0 aliphatic rings. The number of anilines is 1. The highest BCUT2D eigenvalue weighted by Crippen LogP contribution is 2.28. The number of nitrogens with zero attached hydrogens (tertiary/aromatic N) is 2. The largest absolute Gasteiger partial charge is 0.381 e. The summed E-state index contributed by atoms with van der Waals surface area (Å²) in [5.41, 5.74) is 7.32. The van der Waals surface area contributed by atoms with Crippen molar-refractivity contribution in [1.82, 2.24) is 9.72 Å². The SMILES string of the molecule is CC(C)Cc1c(N)noc1-c1ccn(C)c(=O)c1. The summed E-state index contributed by atoms with van der Waals surface area (Å²) in [5, 5.41) is 3.79. The zero-order valence-corrected chi connectivity index (χ0v) is 10.8. The minimum Gasteiger partial charge on any atom is -0.381 e. The second-order valence-electron chi connectivity index (χ2n) is 4.84. The van der Waals surface area contributed by atoms with E-state index < -0.39 is 0 Å². The van der Waals surface area contributed by atoms with E-state index in [-0.39, 0.29) is 5.56 Å². The molecule has 0 spiro atoms. The van der Waals surface area contributed by atoms with Gasteiger partial charge in [0.15, 0.2) is 11.6 Å². The predicted molar refractivity (Wildman–Crippen MR) is 70.1 cm³/mol. The minimum atomic E-state index is -0.0852. The van der Waals surface area contributed by atoms with Gasteiger partial charge in [-0.3, -0.25) is 4.79 Å². The van der Waals surface area contributed by atoms with Crippen LogP contribution in [0.5, 0.6) is 0 Å². The molecule has 0 fully saturated rings. The molecule has 0 aliphatic carbocycles. The Morgan fingerprint density at radius 1 is 1.50 bits per heavy atom. The normalized spacial score (nSPS) is 11.1. The lowest BCUT2D eigenvalue weighted by Gasteiger charge is -2.05. The predicted octanol–water partition coefficient (Wildman–Crippen LogP) is 1.82. The lowest BCUT2D eigenvalue weighted by molar-refractivity contribution is 0.434. The molecule has 5 nitrogen and oxygen atoms in total. The molecule has 0 unspecified atom stereocenters. The molecule has 0 aromatic carbocycles. The number of rotatable bonds is 3. The first-order valence-corrected chi connectivity index (χ1v) is 5.90. The van der Waals surface area contributed by atoms with Gasteiger partial charge in [0, 0.05) is 30.4 Å². The molecule has 2 heterocycles. The molecule has 5 heteroatoms. The van der Waals surface area contributed by atoms with Gasteiger partial charge in [0.2, 0.25) is 0 Å². The highest BCUT2D eigenvalue weighted by molar-refractivity contribution is 5.65. The molecule has 2 rings (SSSR count). The third-order valence-corrected chi connectivity index (χ3v) is 2.80. The zero-order chi connectivity index (χ0) is 13.3. The van der Waals surface area contributed by atoms with E-state index in [2.05, 4.69) is 19.0 Å². The highest BCUT2D eigenvalue weighted by Gasteiger charge is 2.17. The molecule has 0 saturated heterocycles. The Hall–Kier alpha value is -2.04. The van der Waals surface area contributed by atoms with Crippen LogP contribution in [-0.4, -0.2) is 9.72 Å². The summed E-state index contributed by atoms with van der Waals surface area (Å²) in [6, 6.07) is 3.36. The van der Waals surface area contributed by atoms with Crippen LogP contribution in [0.4, 0.5) is 5.82 Å². The summed E-state index contributed by atoms with van der Waals surface area (Å²) >= 11 is 0. The van der Waals surface area contributed by atoms with Gasteiger partial charge in [-0.1, -0.05) is 19.0 Å². The number of pyridine rings is 1. The standard InChI is InChI=1S/C13H17N3O2/c1-8(2)6-10-12(18-15-13(10)14)9-4-5-16(3)11(17)7-9/h4-5,7-8H,6H2,1-3H3,(H2,14,15). The fourth-order valence-corrected chi connectivity index (χ4v) is 1.84. The summed E-state index contributed by atoms with van der Waals surface area (Å²) in [4.78, 5) is 11.6. The average Bonchev–Trinajstić information content (AvgIpc) is 2.64. The molecule has 0 radical (unpaired) electrons. The van der Waals surface area contributed by atoms with Gasteiger partial charge in [-0.2, -0.15) is 0 Å². The van der Waals surface area contributed by atoms with Gasteiger partial charge < -0.3 is 14.8 Å². The summed E-state index contributed by atoms with van der Waals surface area (Å²) in [6.07, 6.45) is 2.48. The summed E-state index contributed by atoms with van der Waals surface area (Å²) in [7, 11) is 1.70. The smallest absolute Gasteiger partial charge is 0.250 e. The Labute approximate surface area is 105 Å². The second kappa shape index (κ2) is 4.68. The van der Waals surface area contributed by atoms with Gasteiger partial charge in [0.1, 0.15) is 0 Å². The number of aromatic nitrogens is 2. The van der Waals surface area contributed by atoms with Gasteiger partial charge in [-0.25, -0.2) is 0 Å². The van der Waals surface area contributed by atoms with Gasteiger partial charge in [0.25, 0.3) is 5.56 Å². The fourth-order valence-electron chi connectivity index (χ4n) is 1.84. The van der Waals surface area contributed by atoms with E-state index >= 15 is 0 Å². The van der Waals surface area contributed by atoms with Crippen molar-refractivity contribution in [3.05, 3.63) is 34.2 Å². The van der Waals surface area contributed by atoms with Crippen molar-refractivity contribution in [1.29, 1.82) is 0 Å². The molecule has 18 heavy (non-hydrogen) atoms. The van der Waals surface area contributed by atoms with Gasteiger partial charge >= 0.3 is 0 Å². The molecule has 0 atom stereocenters. The lowest BCUT2D eigenvalue weighted by atomic mass is 10.0. The molecule has 0 saturated carbocycles. The van der Waals surface area contributed by atoms with Crippen molar-refractivity contribution in [2.45, 2.75) is 20.3 Å². The molecule has 2 aromatic rings. The number of nitrogens with two attached hydrogens (primary N) is 1. The van der Waals surface area contributed by atoms with Gasteiger partial charge in [-0.15, -0.1) is 0 Å². The topological polar surface area (TPSA) is 74.0 Å². The Morgan fingerprint density at radius 3 is 2.83 bits per heavy atom. The van der Waals surface area contributed by atoms with Gasteiger partial charge in [0.05, 0.1) is 0 Å².